The third-order valence-electron chi connectivity index (χ3n) is 2.89. The number of halogens is 1. The van der Waals surface area contributed by atoms with Crippen LogP contribution in [0.5, 0.6) is 11.5 Å². The van der Waals surface area contributed by atoms with Gasteiger partial charge in [0.25, 0.3) is 0 Å². The number of carbonyl (C=O) groups is 1. The van der Waals surface area contributed by atoms with Crippen molar-refractivity contribution in [1.82, 2.24) is 0 Å². The molecule has 2 aromatic carbocycles. The molecule has 0 amide bonds. The molecule has 0 N–H and O–H groups in total. The van der Waals surface area contributed by atoms with E-state index in [1.165, 1.54) is 0 Å². The van der Waals surface area contributed by atoms with Gasteiger partial charge in [-0.25, -0.2) is 4.79 Å². The molecule has 102 valence electrons. The van der Waals surface area contributed by atoms with Gasteiger partial charge in [0.05, 0.1) is 5.56 Å². The third-order valence-corrected chi connectivity index (χ3v) is 3.61. The molecule has 3 rings (SSSR count). The minimum atomic E-state index is -0.373. The van der Waals surface area contributed by atoms with Crippen LogP contribution in [-0.4, -0.2) is 12.8 Å². The summed E-state index contributed by atoms with van der Waals surface area (Å²) in [6, 6.07) is 12.9. The Morgan fingerprint density at radius 2 is 1.85 bits per heavy atom. The first-order valence-corrected chi connectivity index (χ1v) is 7.11. The van der Waals surface area contributed by atoms with Crippen LogP contribution >= 0.6 is 22.6 Å². The van der Waals surface area contributed by atoms with E-state index in [4.69, 9.17) is 14.2 Å². The van der Waals surface area contributed by atoms with Crippen LogP contribution in [0.4, 0.5) is 0 Å². The van der Waals surface area contributed by atoms with E-state index in [1.807, 2.05) is 24.3 Å². The SMILES string of the molecule is O=C(OCc1ccc(I)cc1)c1ccc2c(c1)OCO2. The van der Waals surface area contributed by atoms with Gasteiger partial charge in [0.15, 0.2) is 11.5 Å². The maximum absolute atomic E-state index is 12.0. The van der Waals surface area contributed by atoms with Crippen LogP contribution in [0.3, 0.4) is 0 Å². The van der Waals surface area contributed by atoms with Gasteiger partial charge in [0, 0.05) is 3.57 Å². The molecule has 0 saturated heterocycles. The lowest BCUT2D eigenvalue weighted by molar-refractivity contribution is 0.0472. The standard InChI is InChI=1S/C15H11IO4/c16-12-4-1-10(2-5-12)8-18-15(17)11-3-6-13-14(7-11)20-9-19-13/h1-7H,8-9H2. The van der Waals surface area contributed by atoms with Crippen molar-refractivity contribution in [1.29, 1.82) is 0 Å². The number of carbonyl (C=O) groups excluding carboxylic acids is 1. The van der Waals surface area contributed by atoms with E-state index >= 15 is 0 Å². The Kier molecular flexibility index (Phi) is 3.77. The van der Waals surface area contributed by atoms with Crippen LogP contribution in [0.1, 0.15) is 15.9 Å². The summed E-state index contributed by atoms with van der Waals surface area (Å²) in [5.74, 6) is 0.856. The molecule has 5 heteroatoms. The van der Waals surface area contributed by atoms with Gasteiger partial charge in [-0.05, 0) is 58.5 Å². The van der Waals surface area contributed by atoms with E-state index in [9.17, 15) is 4.79 Å². The monoisotopic (exact) mass is 382 g/mol. The molecule has 2 aromatic rings. The Labute approximate surface area is 129 Å². The predicted molar refractivity (Wildman–Crippen MR) is 80.8 cm³/mol. The molecular formula is C15H11IO4. The van der Waals surface area contributed by atoms with Crippen molar-refractivity contribution in [3.63, 3.8) is 0 Å². The second-order valence-corrected chi connectivity index (χ2v) is 5.52. The van der Waals surface area contributed by atoms with Gasteiger partial charge in [0.2, 0.25) is 6.79 Å². The van der Waals surface area contributed by atoms with Crippen molar-refractivity contribution in [2.45, 2.75) is 6.61 Å². The number of benzene rings is 2. The Bertz CT molecular complexity index is 637. The Morgan fingerprint density at radius 1 is 1.10 bits per heavy atom. The van der Waals surface area contributed by atoms with E-state index in [1.54, 1.807) is 18.2 Å². The summed E-state index contributed by atoms with van der Waals surface area (Å²) in [5.41, 5.74) is 1.42. The van der Waals surface area contributed by atoms with Crippen LogP contribution in [0.2, 0.25) is 0 Å². The summed E-state index contributed by atoms with van der Waals surface area (Å²) in [7, 11) is 0. The molecule has 0 aromatic heterocycles. The van der Waals surface area contributed by atoms with Gasteiger partial charge in [-0.2, -0.15) is 0 Å². The van der Waals surface area contributed by atoms with Crippen LogP contribution in [0.15, 0.2) is 42.5 Å². The van der Waals surface area contributed by atoms with Crippen molar-refractivity contribution in [3.8, 4) is 11.5 Å². The molecule has 0 saturated carbocycles. The lowest BCUT2D eigenvalue weighted by Crippen LogP contribution is -2.05. The van der Waals surface area contributed by atoms with Crippen LogP contribution in [-0.2, 0) is 11.3 Å². The minimum absolute atomic E-state index is 0.191. The maximum Gasteiger partial charge on any atom is 0.338 e. The summed E-state index contributed by atoms with van der Waals surface area (Å²) in [5, 5.41) is 0. The molecule has 0 fully saturated rings. The molecular weight excluding hydrogens is 371 g/mol. The average Bonchev–Trinajstić information content (AvgIpc) is 2.93. The van der Waals surface area contributed by atoms with E-state index < -0.39 is 0 Å². The Hall–Kier alpha value is -1.76. The average molecular weight is 382 g/mol. The normalized spacial score (nSPS) is 12.2. The lowest BCUT2D eigenvalue weighted by atomic mass is 10.2. The van der Waals surface area contributed by atoms with Crippen LogP contribution in [0, 0.1) is 3.57 Å². The second-order valence-electron chi connectivity index (χ2n) is 4.27. The van der Waals surface area contributed by atoms with Gasteiger partial charge in [0.1, 0.15) is 6.61 Å². The fourth-order valence-corrected chi connectivity index (χ4v) is 2.20. The summed E-state index contributed by atoms with van der Waals surface area (Å²) < 4.78 is 16.9. The second kappa shape index (κ2) is 5.70. The lowest BCUT2D eigenvalue weighted by Gasteiger charge is -2.06. The fourth-order valence-electron chi connectivity index (χ4n) is 1.84. The smallest absolute Gasteiger partial charge is 0.338 e. The molecule has 20 heavy (non-hydrogen) atoms. The molecule has 0 atom stereocenters. The minimum Gasteiger partial charge on any atom is -0.457 e. The molecule has 0 unspecified atom stereocenters. The predicted octanol–water partition coefficient (Wildman–Crippen LogP) is 3.38. The topological polar surface area (TPSA) is 44.8 Å². The van der Waals surface area contributed by atoms with E-state index in [0.29, 0.717) is 17.1 Å². The van der Waals surface area contributed by atoms with Crippen molar-refractivity contribution >= 4 is 28.6 Å². The van der Waals surface area contributed by atoms with E-state index in [2.05, 4.69) is 22.6 Å². The summed E-state index contributed by atoms with van der Waals surface area (Å²) in [6.45, 7) is 0.445. The zero-order valence-electron chi connectivity index (χ0n) is 10.5. The molecule has 0 bridgehead atoms. The molecule has 1 aliphatic rings. The highest BCUT2D eigenvalue weighted by Gasteiger charge is 2.16. The molecule has 0 aliphatic carbocycles. The summed E-state index contributed by atoms with van der Waals surface area (Å²) in [6.07, 6.45) is 0. The highest BCUT2D eigenvalue weighted by Crippen LogP contribution is 2.32. The first kappa shape index (κ1) is 13.2. The maximum atomic E-state index is 12.0. The first-order chi connectivity index (χ1) is 9.72. The fraction of sp³-hybridized carbons (Fsp3) is 0.133. The number of fused-ring (bicyclic) bond motifs is 1. The molecule has 4 nitrogen and oxygen atoms in total. The van der Waals surface area contributed by atoms with Gasteiger partial charge in [-0.1, -0.05) is 12.1 Å². The number of hydrogen-bond acceptors (Lipinski definition) is 4. The highest BCUT2D eigenvalue weighted by molar-refractivity contribution is 14.1. The number of hydrogen-bond donors (Lipinski definition) is 0. The summed E-state index contributed by atoms with van der Waals surface area (Å²) >= 11 is 2.23. The highest BCUT2D eigenvalue weighted by atomic mass is 127. The zero-order chi connectivity index (χ0) is 13.9. The van der Waals surface area contributed by atoms with Crippen molar-refractivity contribution < 1.29 is 19.0 Å². The van der Waals surface area contributed by atoms with E-state index in [-0.39, 0.29) is 19.4 Å². The quantitative estimate of drug-likeness (QED) is 0.603. The Balaban J connectivity index is 1.66. The first-order valence-electron chi connectivity index (χ1n) is 6.03. The van der Waals surface area contributed by atoms with Gasteiger partial charge >= 0.3 is 5.97 Å². The zero-order valence-corrected chi connectivity index (χ0v) is 12.6. The number of esters is 1. The largest absolute Gasteiger partial charge is 0.457 e. The van der Waals surface area contributed by atoms with Crippen molar-refractivity contribution in [2.24, 2.45) is 0 Å². The Morgan fingerprint density at radius 3 is 2.65 bits per heavy atom. The van der Waals surface area contributed by atoms with E-state index in [0.717, 1.165) is 9.13 Å². The molecule has 1 heterocycles. The van der Waals surface area contributed by atoms with Crippen molar-refractivity contribution in [3.05, 3.63) is 57.2 Å². The van der Waals surface area contributed by atoms with Crippen molar-refractivity contribution in [2.75, 3.05) is 6.79 Å². The van der Waals surface area contributed by atoms with Crippen LogP contribution < -0.4 is 9.47 Å². The molecule has 1 aliphatic heterocycles. The third kappa shape index (κ3) is 2.87. The molecule has 0 radical (unpaired) electrons. The molecule has 0 spiro atoms. The van der Waals surface area contributed by atoms with Gasteiger partial charge in [-0.3, -0.25) is 0 Å². The van der Waals surface area contributed by atoms with Gasteiger partial charge < -0.3 is 14.2 Å². The number of ether oxygens (including phenoxy) is 3. The van der Waals surface area contributed by atoms with Gasteiger partial charge in [-0.15, -0.1) is 0 Å². The number of rotatable bonds is 3. The van der Waals surface area contributed by atoms with Crippen LogP contribution in [0.25, 0.3) is 0 Å². The summed E-state index contributed by atoms with van der Waals surface area (Å²) in [4.78, 5) is 12.0.